The summed E-state index contributed by atoms with van der Waals surface area (Å²) in [4.78, 5) is 32.9. The fourth-order valence-corrected chi connectivity index (χ4v) is 5.42. The molecule has 6 heteroatoms. The Morgan fingerprint density at radius 2 is 1.93 bits per heavy atom. The third kappa shape index (κ3) is 2.86. The molecule has 1 aromatic carbocycles. The molecule has 144 valence electrons. The topological polar surface area (TPSA) is 43.9 Å². The molecule has 0 radical (unpaired) electrons. The Kier molecular flexibility index (Phi) is 4.51. The van der Waals surface area contributed by atoms with E-state index in [4.69, 9.17) is 0 Å². The predicted molar refractivity (Wildman–Crippen MR) is 109 cm³/mol. The first kappa shape index (κ1) is 18.4. The van der Waals surface area contributed by atoms with Crippen molar-refractivity contribution in [1.29, 1.82) is 0 Å². The molecule has 0 aliphatic carbocycles. The number of carbonyl (C=O) groups is 2. The summed E-state index contributed by atoms with van der Waals surface area (Å²) >= 11 is 1.87. The number of carbonyl (C=O) groups excluding carboxylic acids is 2. The second-order valence-corrected chi connectivity index (χ2v) is 9.20. The summed E-state index contributed by atoms with van der Waals surface area (Å²) in [5, 5.41) is 1.33. The first-order chi connectivity index (χ1) is 12.8. The van der Waals surface area contributed by atoms with Crippen LogP contribution in [-0.2, 0) is 22.6 Å². The maximum absolute atomic E-state index is 12.9. The molecule has 0 N–H and O–H groups in total. The van der Waals surface area contributed by atoms with Gasteiger partial charge in [0.15, 0.2) is 0 Å². The van der Waals surface area contributed by atoms with Gasteiger partial charge in [-0.3, -0.25) is 14.5 Å². The molecule has 2 amide bonds. The van der Waals surface area contributed by atoms with E-state index in [1.165, 1.54) is 20.5 Å². The van der Waals surface area contributed by atoms with Crippen LogP contribution in [0.5, 0.6) is 0 Å². The van der Waals surface area contributed by atoms with Crippen molar-refractivity contribution < 1.29 is 9.59 Å². The Morgan fingerprint density at radius 3 is 2.67 bits per heavy atom. The lowest BCUT2D eigenvalue weighted by Gasteiger charge is -2.51. The van der Waals surface area contributed by atoms with Crippen LogP contribution in [0.2, 0.25) is 0 Å². The van der Waals surface area contributed by atoms with E-state index in [1.54, 1.807) is 16.8 Å². The number of rotatable bonds is 3. The van der Waals surface area contributed by atoms with Gasteiger partial charge in [-0.15, -0.1) is 11.3 Å². The Labute approximate surface area is 164 Å². The minimum Gasteiger partial charge on any atom is -0.330 e. The van der Waals surface area contributed by atoms with Crippen molar-refractivity contribution in [2.75, 3.05) is 26.7 Å². The van der Waals surface area contributed by atoms with Gasteiger partial charge in [-0.2, -0.15) is 0 Å². The second kappa shape index (κ2) is 6.60. The number of nitrogens with zero attached hydrogens (tertiary/aromatic N) is 3. The van der Waals surface area contributed by atoms with Gasteiger partial charge in [0, 0.05) is 42.8 Å². The van der Waals surface area contributed by atoms with Crippen molar-refractivity contribution >= 4 is 33.2 Å². The van der Waals surface area contributed by atoms with Crippen LogP contribution >= 0.6 is 11.3 Å². The molecular formula is C21H27N3O2S. The highest BCUT2D eigenvalue weighted by Gasteiger charge is 2.50. The number of hydrogen-bond acceptors (Lipinski definition) is 4. The van der Waals surface area contributed by atoms with Gasteiger partial charge in [-0.25, -0.2) is 0 Å². The Morgan fingerprint density at radius 1 is 1.19 bits per heavy atom. The molecule has 1 atom stereocenters. The number of thiophene rings is 1. The van der Waals surface area contributed by atoms with E-state index >= 15 is 0 Å². The van der Waals surface area contributed by atoms with Crippen molar-refractivity contribution in [2.24, 2.45) is 0 Å². The average molecular weight is 386 g/mol. The van der Waals surface area contributed by atoms with Gasteiger partial charge < -0.3 is 9.80 Å². The lowest BCUT2D eigenvalue weighted by Crippen LogP contribution is -2.72. The fraction of sp³-hybridized carbons (Fsp3) is 0.524. The van der Waals surface area contributed by atoms with E-state index in [0.717, 1.165) is 19.5 Å². The fourth-order valence-electron chi connectivity index (χ4n) is 4.26. The summed E-state index contributed by atoms with van der Waals surface area (Å²) in [5.41, 5.74) is 0.629. The van der Waals surface area contributed by atoms with Crippen LogP contribution in [0, 0.1) is 0 Å². The van der Waals surface area contributed by atoms with Crippen LogP contribution in [0.3, 0.4) is 0 Å². The smallest absolute Gasteiger partial charge is 0.248 e. The summed E-state index contributed by atoms with van der Waals surface area (Å²) in [6, 6.07) is 8.20. The number of piperazine rings is 2. The summed E-state index contributed by atoms with van der Waals surface area (Å²) in [6.45, 7) is 8.75. The van der Waals surface area contributed by atoms with Crippen LogP contribution in [-0.4, -0.2) is 64.8 Å². The zero-order chi connectivity index (χ0) is 19.3. The average Bonchev–Trinajstić information content (AvgIpc) is 3.03. The van der Waals surface area contributed by atoms with E-state index in [2.05, 4.69) is 36.1 Å². The standard InChI is InChI=1S/C21H27N3O2S/c1-5-17-15(14-8-6-7-9-18(14)27-17)12-23-10-11-24-16(13-23)19(25)22(4)21(2,3)20(24)26/h6-9,16H,5,10-13H2,1-4H3. The summed E-state index contributed by atoms with van der Waals surface area (Å²) in [7, 11) is 1.75. The summed E-state index contributed by atoms with van der Waals surface area (Å²) in [6.07, 6.45) is 1.02. The third-order valence-electron chi connectivity index (χ3n) is 6.19. The highest BCUT2D eigenvalue weighted by atomic mass is 32.1. The third-order valence-corrected chi connectivity index (χ3v) is 7.55. The van der Waals surface area contributed by atoms with E-state index in [0.29, 0.717) is 13.1 Å². The van der Waals surface area contributed by atoms with Crippen LogP contribution < -0.4 is 0 Å². The molecule has 0 spiro atoms. The van der Waals surface area contributed by atoms with Crippen LogP contribution in [0.4, 0.5) is 0 Å². The molecule has 2 aromatic rings. The van der Waals surface area contributed by atoms with Crippen molar-refractivity contribution in [3.8, 4) is 0 Å². The lowest BCUT2D eigenvalue weighted by atomic mass is 9.93. The van der Waals surface area contributed by atoms with Crippen molar-refractivity contribution in [3.05, 3.63) is 34.7 Å². The lowest BCUT2D eigenvalue weighted by molar-refractivity contribution is -0.170. The number of likely N-dealkylation sites (N-methyl/N-ethyl adjacent to an activating group) is 1. The Balaban J connectivity index is 1.59. The first-order valence-electron chi connectivity index (χ1n) is 9.65. The molecule has 0 saturated carbocycles. The molecule has 2 aliphatic rings. The molecule has 27 heavy (non-hydrogen) atoms. The maximum Gasteiger partial charge on any atom is 0.248 e. The zero-order valence-electron chi connectivity index (χ0n) is 16.5. The number of benzene rings is 1. The molecule has 0 bridgehead atoms. The van der Waals surface area contributed by atoms with Crippen molar-refractivity contribution in [2.45, 2.75) is 45.3 Å². The highest BCUT2D eigenvalue weighted by molar-refractivity contribution is 7.19. The van der Waals surface area contributed by atoms with Gasteiger partial charge in [0.25, 0.3) is 0 Å². The Hall–Kier alpha value is -1.92. The molecule has 2 fully saturated rings. The van der Waals surface area contributed by atoms with E-state index in [-0.39, 0.29) is 17.9 Å². The maximum atomic E-state index is 12.9. The van der Waals surface area contributed by atoms with Crippen LogP contribution in [0.15, 0.2) is 24.3 Å². The van der Waals surface area contributed by atoms with Gasteiger partial charge in [-0.05, 0) is 37.3 Å². The van der Waals surface area contributed by atoms with Gasteiger partial charge in [0.2, 0.25) is 11.8 Å². The molecule has 4 rings (SSSR count). The van der Waals surface area contributed by atoms with E-state index in [1.807, 2.05) is 25.2 Å². The van der Waals surface area contributed by atoms with Crippen molar-refractivity contribution in [1.82, 2.24) is 14.7 Å². The zero-order valence-corrected chi connectivity index (χ0v) is 17.3. The number of amides is 2. The van der Waals surface area contributed by atoms with Gasteiger partial charge in [0.05, 0.1) is 0 Å². The van der Waals surface area contributed by atoms with Crippen LogP contribution in [0.1, 0.15) is 31.2 Å². The summed E-state index contributed by atoms with van der Waals surface area (Å²) < 4.78 is 1.33. The minimum atomic E-state index is -0.755. The molecule has 1 unspecified atom stereocenters. The van der Waals surface area contributed by atoms with Crippen molar-refractivity contribution in [3.63, 3.8) is 0 Å². The molecule has 2 aliphatic heterocycles. The number of hydrogen-bond donors (Lipinski definition) is 0. The minimum absolute atomic E-state index is 0.0511. The molecule has 5 nitrogen and oxygen atoms in total. The molecule has 1 aromatic heterocycles. The summed E-state index contributed by atoms with van der Waals surface area (Å²) in [5.74, 6) is 0.111. The van der Waals surface area contributed by atoms with Gasteiger partial charge in [-0.1, -0.05) is 25.1 Å². The number of aryl methyl sites for hydroxylation is 1. The van der Waals surface area contributed by atoms with E-state index < -0.39 is 5.54 Å². The SMILES string of the molecule is CCc1sc2ccccc2c1CN1CCN2C(=O)C(C)(C)N(C)C(=O)C2C1. The molecule has 3 heterocycles. The van der Waals surface area contributed by atoms with Gasteiger partial charge >= 0.3 is 0 Å². The monoisotopic (exact) mass is 385 g/mol. The predicted octanol–water partition coefficient (Wildman–Crippen LogP) is 2.73. The molecule has 2 saturated heterocycles. The number of fused-ring (bicyclic) bond motifs is 2. The second-order valence-electron chi connectivity index (χ2n) is 8.06. The highest BCUT2D eigenvalue weighted by Crippen LogP contribution is 2.34. The normalized spacial score (nSPS) is 23.2. The Bertz CT molecular complexity index is 904. The largest absolute Gasteiger partial charge is 0.330 e. The van der Waals surface area contributed by atoms with E-state index in [9.17, 15) is 9.59 Å². The van der Waals surface area contributed by atoms with Crippen LogP contribution in [0.25, 0.3) is 10.1 Å². The van der Waals surface area contributed by atoms with Gasteiger partial charge in [0.1, 0.15) is 11.6 Å². The first-order valence-corrected chi connectivity index (χ1v) is 10.5. The quantitative estimate of drug-likeness (QED) is 0.816. The molecular weight excluding hydrogens is 358 g/mol.